The Morgan fingerprint density at radius 3 is 2.83 bits per heavy atom. The van der Waals surface area contributed by atoms with Gasteiger partial charge in [0.1, 0.15) is 6.54 Å². The molecule has 92 valence electrons. The van der Waals surface area contributed by atoms with Crippen LogP contribution in [-0.2, 0) is 11.3 Å². The molecule has 3 N–H and O–H groups in total. The van der Waals surface area contributed by atoms with Gasteiger partial charge in [0.05, 0.1) is 6.20 Å². The van der Waals surface area contributed by atoms with Crippen LogP contribution in [0.15, 0.2) is 30.5 Å². The van der Waals surface area contributed by atoms with Crippen LogP contribution in [0.5, 0.6) is 0 Å². The molecule has 0 aliphatic rings. The van der Waals surface area contributed by atoms with Crippen molar-refractivity contribution in [1.82, 2.24) is 15.0 Å². The second-order valence-corrected chi connectivity index (χ2v) is 3.65. The Bertz CT molecular complexity index is 606. The van der Waals surface area contributed by atoms with Crippen molar-refractivity contribution in [2.24, 2.45) is 0 Å². The molecule has 1 aromatic carbocycles. The maximum absolute atomic E-state index is 12.0. The molecule has 0 fully saturated rings. The minimum absolute atomic E-state index is 0.0850. The van der Waals surface area contributed by atoms with Crippen LogP contribution >= 0.6 is 0 Å². The number of ketones is 1. The molecule has 2 rings (SSSR count). The maximum atomic E-state index is 12.0. The van der Waals surface area contributed by atoms with Gasteiger partial charge in [0.15, 0.2) is 5.69 Å². The lowest BCUT2D eigenvalue weighted by atomic mass is 10.1. The van der Waals surface area contributed by atoms with Crippen LogP contribution in [0.25, 0.3) is 0 Å². The third-order valence-electron chi connectivity index (χ3n) is 2.22. The zero-order valence-corrected chi connectivity index (χ0v) is 9.28. The fraction of sp³-hybridized carbons (Fsp3) is 0.0909. The van der Waals surface area contributed by atoms with Crippen LogP contribution in [0, 0.1) is 0 Å². The highest BCUT2D eigenvalue weighted by molar-refractivity contribution is 6.07. The number of benzene rings is 1. The third-order valence-corrected chi connectivity index (χ3v) is 2.22. The van der Waals surface area contributed by atoms with Crippen molar-refractivity contribution in [3.8, 4) is 0 Å². The average molecular weight is 246 g/mol. The summed E-state index contributed by atoms with van der Waals surface area (Å²) in [5.41, 5.74) is 6.52. The van der Waals surface area contributed by atoms with Crippen molar-refractivity contribution in [1.29, 1.82) is 0 Å². The first kappa shape index (κ1) is 11.8. The van der Waals surface area contributed by atoms with E-state index in [0.717, 1.165) is 4.68 Å². The van der Waals surface area contributed by atoms with Crippen LogP contribution < -0.4 is 5.73 Å². The molecule has 0 bridgehead atoms. The number of nitrogen functional groups attached to an aromatic ring is 1. The Morgan fingerprint density at radius 1 is 1.39 bits per heavy atom. The van der Waals surface area contributed by atoms with Gasteiger partial charge in [-0.15, -0.1) is 5.10 Å². The van der Waals surface area contributed by atoms with E-state index in [4.69, 9.17) is 10.8 Å². The molecule has 0 aliphatic carbocycles. The van der Waals surface area contributed by atoms with E-state index in [1.54, 1.807) is 18.2 Å². The number of rotatable bonds is 4. The van der Waals surface area contributed by atoms with Gasteiger partial charge in [-0.3, -0.25) is 9.59 Å². The molecule has 18 heavy (non-hydrogen) atoms. The molecule has 0 spiro atoms. The largest absolute Gasteiger partial charge is 0.480 e. The molecule has 0 saturated carbocycles. The van der Waals surface area contributed by atoms with E-state index in [9.17, 15) is 9.59 Å². The van der Waals surface area contributed by atoms with Crippen molar-refractivity contribution < 1.29 is 14.7 Å². The molecular formula is C11H10N4O3. The van der Waals surface area contributed by atoms with E-state index in [1.807, 2.05) is 0 Å². The van der Waals surface area contributed by atoms with E-state index in [-0.39, 0.29) is 18.0 Å². The van der Waals surface area contributed by atoms with Gasteiger partial charge in [0.25, 0.3) is 0 Å². The molecule has 0 atom stereocenters. The van der Waals surface area contributed by atoms with E-state index < -0.39 is 5.97 Å². The van der Waals surface area contributed by atoms with Gasteiger partial charge >= 0.3 is 5.97 Å². The lowest BCUT2D eigenvalue weighted by molar-refractivity contribution is -0.137. The highest BCUT2D eigenvalue weighted by Crippen LogP contribution is 2.10. The quantitative estimate of drug-likeness (QED) is 0.587. The standard InChI is InChI=1S/C11H10N4O3/c12-8-3-1-2-7(4-8)11(18)9-5-15(14-13-9)6-10(16)17/h1-5H,6,12H2,(H,16,17). The van der Waals surface area contributed by atoms with Crippen molar-refractivity contribution in [2.75, 3.05) is 5.73 Å². The number of hydrogen-bond acceptors (Lipinski definition) is 5. The first-order chi connectivity index (χ1) is 8.56. The molecule has 2 aromatic rings. The molecule has 0 amide bonds. The van der Waals surface area contributed by atoms with Crippen LogP contribution in [0.1, 0.15) is 16.1 Å². The summed E-state index contributed by atoms with van der Waals surface area (Å²) in [5.74, 6) is -1.40. The van der Waals surface area contributed by atoms with Gasteiger partial charge in [-0.25, -0.2) is 4.68 Å². The Kier molecular flexibility index (Phi) is 3.05. The third kappa shape index (κ3) is 2.51. The monoisotopic (exact) mass is 246 g/mol. The van der Waals surface area contributed by atoms with Crippen molar-refractivity contribution in [3.63, 3.8) is 0 Å². The lowest BCUT2D eigenvalue weighted by Crippen LogP contribution is -2.09. The minimum atomic E-state index is -1.05. The van der Waals surface area contributed by atoms with E-state index in [1.165, 1.54) is 12.3 Å². The summed E-state index contributed by atoms with van der Waals surface area (Å²) in [4.78, 5) is 22.5. The van der Waals surface area contributed by atoms with Gasteiger partial charge < -0.3 is 10.8 Å². The van der Waals surface area contributed by atoms with Crippen LogP contribution in [0.2, 0.25) is 0 Å². The Labute approximate surface area is 102 Å². The number of nitrogens with zero attached hydrogens (tertiary/aromatic N) is 3. The second-order valence-electron chi connectivity index (χ2n) is 3.65. The summed E-state index contributed by atoms with van der Waals surface area (Å²) in [6.07, 6.45) is 1.29. The number of nitrogens with two attached hydrogens (primary N) is 1. The fourth-order valence-electron chi connectivity index (χ4n) is 1.45. The highest BCUT2D eigenvalue weighted by Gasteiger charge is 2.14. The number of carbonyl (C=O) groups is 2. The summed E-state index contributed by atoms with van der Waals surface area (Å²) < 4.78 is 1.09. The average Bonchev–Trinajstić information content (AvgIpc) is 2.75. The molecule has 7 heteroatoms. The first-order valence-corrected chi connectivity index (χ1v) is 5.08. The van der Waals surface area contributed by atoms with Gasteiger partial charge in [-0.2, -0.15) is 0 Å². The molecular weight excluding hydrogens is 236 g/mol. The number of hydrogen-bond donors (Lipinski definition) is 2. The number of carboxylic acids is 1. The van der Waals surface area contributed by atoms with Gasteiger partial charge in [-0.1, -0.05) is 17.3 Å². The summed E-state index contributed by atoms with van der Waals surface area (Å²) >= 11 is 0. The predicted molar refractivity (Wildman–Crippen MR) is 61.9 cm³/mol. The normalized spacial score (nSPS) is 10.2. The molecule has 7 nitrogen and oxygen atoms in total. The zero-order valence-electron chi connectivity index (χ0n) is 9.28. The minimum Gasteiger partial charge on any atom is -0.480 e. The van der Waals surface area contributed by atoms with Gasteiger partial charge in [-0.05, 0) is 12.1 Å². The summed E-state index contributed by atoms with van der Waals surface area (Å²) in [7, 11) is 0. The number of anilines is 1. The Morgan fingerprint density at radius 2 is 2.17 bits per heavy atom. The Balaban J connectivity index is 2.24. The predicted octanol–water partition coefficient (Wildman–Crippen LogP) is 0.176. The maximum Gasteiger partial charge on any atom is 0.325 e. The number of aliphatic carboxylic acids is 1. The van der Waals surface area contributed by atoms with E-state index >= 15 is 0 Å². The molecule has 0 aliphatic heterocycles. The fourth-order valence-corrected chi connectivity index (χ4v) is 1.45. The Hall–Kier alpha value is -2.70. The molecule has 1 aromatic heterocycles. The number of aromatic nitrogens is 3. The van der Waals surface area contributed by atoms with Crippen molar-refractivity contribution >= 4 is 17.4 Å². The topological polar surface area (TPSA) is 111 Å². The van der Waals surface area contributed by atoms with Crippen molar-refractivity contribution in [3.05, 3.63) is 41.7 Å². The summed E-state index contributed by atoms with van der Waals surface area (Å²) in [6.45, 7) is -0.336. The lowest BCUT2D eigenvalue weighted by Gasteiger charge is -1.98. The van der Waals surface area contributed by atoms with Crippen LogP contribution in [0.4, 0.5) is 5.69 Å². The van der Waals surface area contributed by atoms with E-state index in [2.05, 4.69) is 10.3 Å². The van der Waals surface area contributed by atoms with Crippen molar-refractivity contribution in [2.45, 2.75) is 6.54 Å². The highest BCUT2D eigenvalue weighted by atomic mass is 16.4. The van der Waals surface area contributed by atoms with Gasteiger partial charge in [0.2, 0.25) is 5.78 Å². The summed E-state index contributed by atoms with van der Waals surface area (Å²) in [6, 6.07) is 6.45. The molecule has 0 saturated heterocycles. The summed E-state index contributed by atoms with van der Waals surface area (Å²) in [5, 5.41) is 15.8. The van der Waals surface area contributed by atoms with Crippen LogP contribution in [0.3, 0.4) is 0 Å². The molecule has 1 heterocycles. The molecule has 0 radical (unpaired) electrons. The molecule has 0 unspecified atom stereocenters. The van der Waals surface area contributed by atoms with E-state index in [0.29, 0.717) is 11.3 Å². The number of carbonyl (C=O) groups excluding carboxylic acids is 1. The first-order valence-electron chi connectivity index (χ1n) is 5.08. The zero-order chi connectivity index (χ0) is 13.1. The van der Waals surface area contributed by atoms with Gasteiger partial charge in [0, 0.05) is 11.3 Å². The second kappa shape index (κ2) is 4.66. The number of carboxylic acid groups (broad SMARTS) is 1. The SMILES string of the molecule is Nc1cccc(C(=O)c2cn(CC(=O)O)nn2)c1. The van der Waals surface area contributed by atoms with Crippen LogP contribution in [-0.4, -0.2) is 31.9 Å². The smallest absolute Gasteiger partial charge is 0.325 e.